The number of amides is 1. The third kappa shape index (κ3) is 3.90. The Morgan fingerprint density at radius 2 is 1.96 bits per heavy atom. The highest BCUT2D eigenvalue weighted by Gasteiger charge is 2.23. The van der Waals surface area contributed by atoms with Crippen LogP contribution in [0.5, 0.6) is 5.75 Å². The fourth-order valence-corrected chi connectivity index (χ4v) is 3.38. The molecule has 1 amide bonds. The first-order chi connectivity index (χ1) is 12.1. The third-order valence-corrected chi connectivity index (χ3v) is 4.70. The van der Waals surface area contributed by atoms with E-state index < -0.39 is 0 Å². The van der Waals surface area contributed by atoms with Crippen LogP contribution in [0.15, 0.2) is 42.5 Å². The molecule has 4 nitrogen and oxygen atoms in total. The van der Waals surface area contributed by atoms with Crippen molar-refractivity contribution in [1.29, 1.82) is 0 Å². The van der Waals surface area contributed by atoms with Crippen molar-refractivity contribution in [3.63, 3.8) is 0 Å². The SMILES string of the molecule is COc1ccc(C)cc1C(=O)CCC(=O)NC1CCc2ccccc21. The van der Waals surface area contributed by atoms with Crippen LogP contribution in [0.1, 0.15) is 52.4 Å². The third-order valence-electron chi connectivity index (χ3n) is 4.70. The Bertz CT molecular complexity index is 797. The Morgan fingerprint density at radius 3 is 2.76 bits per heavy atom. The predicted molar refractivity (Wildman–Crippen MR) is 96.9 cm³/mol. The molecule has 0 aliphatic heterocycles. The van der Waals surface area contributed by atoms with Crippen molar-refractivity contribution in [2.24, 2.45) is 0 Å². The van der Waals surface area contributed by atoms with E-state index in [9.17, 15) is 9.59 Å². The number of hydrogen-bond donors (Lipinski definition) is 1. The molecule has 3 rings (SSSR count). The molecular formula is C21H23NO3. The molecule has 0 saturated carbocycles. The summed E-state index contributed by atoms with van der Waals surface area (Å²) in [6.45, 7) is 1.93. The molecule has 0 aromatic heterocycles. The first-order valence-electron chi connectivity index (χ1n) is 8.63. The van der Waals surface area contributed by atoms with Gasteiger partial charge in [0.05, 0.1) is 18.7 Å². The van der Waals surface area contributed by atoms with Crippen LogP contribution in [0.4, 0.5) is 0 Å². The van der Waals surface area contributed by atoms with Crippen LogP contribution in [-0.2, 0) is 11.2 Å². The van der Waals surface area contributed by atoms with Gasteiger partial charge in [0.15, 0.2) is 5.78 Å². The number of nitrogens with one attached hydrogen (secondary N) is 1. The Kier molecular flexibility index (Phi) is 5.17. The molecule has 130 valence electrons. The molecule has 25 heavy (non-hydrogen) atoms. The monoisotopic (exact) mass is 337 g/mol. The number of ether oxygens (including phenoxy) is 1. The van der Waals surface area contributed by atoms with Gasteiger partial charge in [-0.2, -0.15) is 0 Å². The second-order valence-corrected chi connectivity index (χ2v) is 6.48. The molecule has 1 atom stereocenters. The molecule has 1 N–H and O–H groups in total. The second-order valence-electron chi connectivity index (χ2n) is 6.48. The number of aryl methyl sites for hydroxylation is 2. The summed E-state index contributed by atoms with van der Waals surface area (Å²) < 4.78 is 5.25. The van der Waals surface area contributed by atoms with E-state index in [4.69, 9.17) is 4.74 Å². The first-order valence-corrected chi connectivity index (χ1v) is 8.63. The summed E-state index contributed by atoms with van der Waals surface area (Å²) in [7, 11) is 1.55. The van der Waals surface area contributed by atoms with Crippen molar-refractivity contribution in [3.8, 4) is 5.75 Å². The predicted octanol–water partition coefficient (Wildman–Crippen LogP) is 3.77. The smallest absolute Gasteiger partial charge is 0.220 e. The molecule has 0 fully saturated rings. The fourth-order valence-electron chi connectivity index (χ4n) is 3.38. The molecule has 0 bridgehead atoms. The molecule has 1 unspecified atom stereocenters. The van der Waals surface area contributed by atoms with E-state index in [0.29, 0.717) is 11.3 Å². The molecule has 0 spiro atoms. The zero-order valence-electron chi connectivity index (χ0n) is 14.7. The Morgan fingerprint density at radius 1 is 1.16 bits per heavy atom. The maximum absolute atomic E-state index is 12.5. The molecule has 1 aliphatic rings. The topological polar surface area (TPSA) is 55.4 Å². The van der Waals surface area contributed by atoms with Crippen molar-refractivity contribution < 1.29 is 14.3 Å². The summed E-state index contributed by atoms with van der Waals surface area (Å²) >= 11 is 0. The number of carbonyl (C=O) groups is 2. The van der Waals surface area contributed by atoms with Gasteiger partial charge >= 0.3 is 0 Å². The summed E-state index contributed by atoms with van der Waals surface area (Å²) in [5, 5.41) is 3.06. The van der Waals surface area contributed by atoms with Gasteiger partial charge in [-0.05, 0) is 43.0 Å². The number of methoxy groups -OCH3 is 1. The van der Waals surface area contributed by atoms with Crippen LogP contribution >= 0.6 is 0 Å². The van der Waals surface area contributed by atoms with Gasteiger partial charge in [0, 0.05) is 12.8 Å². The van der Waals surface area contributed by atoms with Gasteiger partial charge in [0.25, 0.3) is 0 Å². The van der Waals surface area contributed by atoms with E-state index in [1.54, 1.807) is 13.2 Å². The van der Waals surface area contributed by atoms with Gasteiger partial charge in [0.1, 0.15) is 5.75 Å². The molecule has 4 heteroatoms. The molecule has 0 saturated heterocycles. The van der Waals surface area contributed by atoms with Crippen molar-refractivity contribution in [2.75, 3.05) is 7.11 Å². The normalized spacial score (nSPS) is 15.5. The Hall–Kier alpha value is -2.62. The summed E-state index contributed by atoms with van der Waals surface area (Å²) in [5.74, 6) is 0.407. The van der Waals surface area contributed by atoms with E-state index in [1.165, 1.54) is 11.1 Å². The standard InChI is InChI=1S/C21H23NO3/c1-14-7-11-20(25-2)17(13-14)19(23)10-12-21(24)22-18-9-8-15-5-3-4-6-16(15)18/h3-7,11,13,18H,8-10,12H2,1-2H3,(H,22,24). The highest BCUT2D eigenvalue weighted by molar-refractivity contribution is 6.00. The lowest BCUT2D eigenvalue weighted by molar-refractivity contribution is -0.121. The molecule has 1 aliphatic carbocycles. The minimum atomic E-state index is -0.0818. The van der Waals surface area contributed by atoms with E-state index in [0.717, 1.165) is 18.4 Å². The molecule has 0 radical (unpaired) electrons. The van der Waals surface area contributed by atoms with Crippen LogP contribution in [0.25, 0.3) is 0 Å². The average Bonchev–Trinajstić information content (AvgIpc) is 3.02. The molecule has 0 heterocycles. The van der Waals surface area contributed by atoms with Gasteiger partial charge in [-0.1, -0.05) is 35.9 Å². The Balaban J connectivity index is 1.58. The van der Waals surface area contributed by atoms with Crippen LogP contribution in [0.3, 0.4) is 0 Å². The van der Waals surface area contributed by atoms with E-state index in [2.05, 4.69) is 17.4 Å². The fraction of sp³-hybridized carbons (Fsp3) is 0.333. The highest BCUT2D eigenvalue weighted by atomic mass is 16.5. The summed E-state index contributed by atoms with van der Waals surface area (Å²) in [6, 6.07) is 13.8. The van der Waals surface area contributed by atoms with E-state index in [1.807, 2.05) is 31.2 Å². The van der Waals surface area contributed by atoms with Crippen molar-refractivity contribution in [3.05, 3.63) is 64.7 Å². The summed E-state index contributed by atoms with van der Waals surface area (Å²) in [4.78, 5) is 24.7. The van der Waals surface area contributed by atoms with Gasteiger partial charge in [-0.15, -0.1) is 0 Å². The van der Waals surface area contributed by atoms with E-state index >= 15 is 0 Å². The van der Waals surface area contributed by atoms with Crippen molar-refractivity contribution in [1.82, 2.24) is 5.32 Å². The number of carbonyl (C=O) groups excluding carboxylic acids is 2. The highest BCUT2D eigenvalue weighted by Crippen LogP contribution is 2.30. The minimum absolute atomic E-state index is 0.0623. The van der Waals surface area contributed by atoms with Crippen LogP contribution in [0.2, 0.25) is 0 Å². The first kappa shape index (κ1) is 17.2. The van der Waals surface area contributed by atoms with Crippen LogP contribution < -0.4 is 10.1 Å². The zero-order valence-corrected chi connectivity index (χ0v) is 14.7. The van der Waals surface area contributed by atoms with E-state index in [-0.39, 0.29) is 30.6 Å². The zero-order chi connectivity index (χ0) is 17.8. The average molecular weight is 337 g/mol. The lowest BCUT2D eigenvalue weighted by Gasteiger charge is -2.14. The lowest BCUT2D eigenvalue weighted by atomic mass is 10.0. The second kappa shape index (κ2) is 7.51. The summed E-state index contributed by atoms with van der Waals surface area (Å²) in [5.41, 5.74) is 4.04. The largest absolute Gasteiger partial charge is 0.496 e. The van der Waals surface area contributed by atoms with Gasteiger partial charge in [-0.3, -0.25) is 9.59 Å². The molecular weight excluding hydrogens is 314 g/mol. The number of ketones is 1. The molecule has 2 aromatic carbocycles. The molecule has 2 aromatic rings. The number of rotatable bonds is 6. The minimum Gasteiger partial charge on any atom is -0.496 e. The van der Waals surface area contributed by atoms with Crippen molar-refractivity contribution >= 4 is 11.7 Å². The number of fused-ring (bicyclic) bond motifs is 1. The quantitative estimate of drug-likeness (QED) is 0.816. The van der Waals surface area contributed by atoms with Crippen molar-refractivity contribution in [2.45, 2.75) is 38.6 Å². The Labute approximate surface area is 148 Å². The maximum Gasteiger partial charge on any atom is 0.220 e. The number of Topliss-reactive ketones (excluding diaryl/α,β-unsaturated/α-hetero) is 1. The van der Waals surface area contributed by atoms with Crippen LogP contribution in [0, 0.1) is 6.92 Å². The number of hydrogen-bond acceptors (Lipinski definition) is 3. The lowest BCUT2D eigenvalue weighted by Crippen LogP contribution is -2.27. The number of benzene rings is 2. The van der Waals surface area contributed by atoms with Crippen LogP contribution in [-0.4, -0.2) is 18.8 Å². The maximum atomic E-state index is 12.5. The van der Waals surface area contributed by atoms with Gasteiger partial charge < -0.3 is 10.1 Å². The summed E-state index contributed by atoms with van der Waals surface area (Å²) in [6.07, 6.45) is 2.28. The van der Waals surface area contributed by atoms with Gasteiger partial charge in [0.2, 0.25) is 5.91 Å². The van der Waals surface area contributed by atoms with Gasteiger partial charge in [-0.25, -0.2) is 0 Å².